The molecule has 1 aromatic carbocycles. The third-order valence-electron chi connectivity index (χ3n) is 3.53. The maximum absolute atomic E-state index is 12.0. The second kappa shape index (κ2) is 7.48. The third kappa shape index (κ3) is 3.94. The molecule has 0 atom stereocenters. The number of carbonyl (C=O) groups excluding carboxylic acids is 1. The Morgan fingerprint density at radius 2 is 2.17 bits per heavy atom. The third-order valence-corrected chi connectivity index (χ3v) is 4.68. The minimum atomic E-state index is -0.279. The standard InChI is InChI=1S/C16H19BrN4O3/c1-9(12-5-6-13(22)14(7-12)24-4)18-19-15(23)8-21-11(3)16(17)10(2)20-21/h5-7,22H,8H2,1-4H3,(H,19,23)/b18-9-. The fourth-order valence-electron chi connectivity index (χ4n) is 2.11. The fourth-order valence-corrected chi connectivity index (χ4v) is 2.40. The normalized spacial score (nSPS) is 11.5. The average Bonchev–Trinajstić information content (AvgIpc) is 2.80. The number of nitrogens with zero attached hydrogens (tertiary/aromatic N) is 3. The van der Waals surface area contributed by atoms with Gasteiger partial charge in [-0.1, -0.05) is 0 Å². The van der Waals surface area contributed by atoms with E-state index >= 15 is 0 Å². The van der Waals surface area contributed by atoms with E-state index in [1.807, 2.05) is 13.8 Å². The maximum Gasteiger partial charge on any atom is 0.261 e. The summed E-state index contributed by atoms with van der Waals surface area (Å²) in [5.41, 5.74) is 5.55. The van der Waals surface area contributed by atoms with Gasteiger partial charge in [0.25, 0.3) is 5.91 Å². The number of carbonyl (C=O) groups is 1. The monoisotopic (exact) mass is 394 g/mol. The zero-order chi connectivity index (χ0) is 17.9. The van der Waals surface area contributed by atoms with Crippen molar-refractivity contribution in [3.05, 3.63) is 39.6 Å². The number of ether oxygens (including phenoxy) is 1. The first kappa shape index (κ1) is 18.0. The number of phenolic OH excluding ortho intramolecular Hbond substituents is 1. The molecule has 2 aromatic rings. The number of amides is 1. The summed E-state index contributed by atoms with van der Waals surface area (Å²) < 4.78 is 7.57. The Kier molecular flexibility index (Phi) is 5.61. The number of benzene rings is 1. The summed E-state index contributed by atoms with van der Waals surface area (Å²) in [6.45, 7) is 5.58. The van der Waals surface area contributed by atoms with Gasteiger partial charge in [-0.15, -0.1) is 0 Å². The van der Waals surface area contributed by atoms with Crippen molar-refractivity contribution < 1.29 is 14.6 Å². The van der Waals surface area contributed by atoms with Gasteiger partial charge in [0.2, 0.25) is 0 Å². The van der Waals surface area contributed by atoms with Gasteiger partial charge < -0.3 is 9.84 Å². The summed E-state index contributed by atoms with van der Waals surface area (Å²) in [5.74, 6) is 0.118. The molecule has 0 saturated carbocycles. The van der Waals surface area contributed by atoms with Gasteiger partial charge in [-0.05, 0) is 54.9 Å². The quantitative estimate of drug-likeness (QED) is 0.602. The number of phenols is 1. The van der Waals surface area contributed by atoms with Gasteiger partial charge in [-0.2, -0.15) is 10.2 Å². The lowest BCUT2D eigenvalue weighted by Crippen LogP contribution is -2.25. The molecule has 7 nitrogen and oxygen atoms in total. The Hall–Kier alpha value is -2.35. The zero-order valence-corrected chi connectivity index (χ0v) is 15.5. The van der Waals surface area contributed by atoms with Crippen molar-refractivity contribution in [2.45, 2.75) is 27.3 Å². The van der Waals surface area contributed by atoms with Crippen molar-refractivity contribution in [1.29, 1.82) is 0 Å². The molecule has 0 aliphatic heterocycles. The number of methoxy groups -OCH3 is 1. The molecule has 0 aliphatic rings. The first-order chi connectivity index (χ1) is 11.3. The molecule has 0 aliphatic carbocycles. The molecule has 128 valence electrons. The van der Waals surface area contributed by atoms with Crippen LogP contribution in [-0.2, 0) is 11.3 Å². The van der Waals surface area contributed by atoms with Gasteiger partial charge in [0.05, 0.1) is 28.7 Å². The number of halogens is 1. The highest BCUT2D eigenvalue weighted by atomic mass is 79.9. The molecule has 1 amide bonds. The summed E-state index contributed by atoms with van der Waals surface area (Å²) >= 11 is 3.43. The smallest absolute Gasteiger partial charge is 0.261 e. The van der Waals surface area contributed by atoms with E-state index < -0.39 is 0 Å². The Morgan fingerprint density at radius 1 is 1.46 bits per heavy atom. The van der Waals surface area contributed by atoms with Gasteiger partial charge >= 0.3 is 0 Å². The SMILES string of the molecule is COc1cc(/C(C)=N\NC(=O)Cn2nc(C)c(Br)c2C)ccc1O. The minimum Gasteiger partial charge on any atom is -0.504 e. The highest BCUT2D eigenvalue weighted by molar-refractivity contribution is 9.10. The summed E-state index contributed by atoms with van der Waals surface area (Å²) in [6.07, 6.45) is 0. The van der Waals surface area contributed by atoms with Crippen LogP contribution in [0.2, 0.25) is 0 Å². The molecule has 1 heterocycles. The molecule has 8 heteroatoms. The molecule has 2 rings (SSSR count). The van der Waals surface area contributed by atoms with Crippen LogP contribution in [0.3, 0.4) is 0 Å². The van der Waals surface area contributed by atoms with Crippen LogP contribution < -0.4 is 10.2 Å². The first-order valence-corrected chi connectivity index (χ1v) is 8.02. The van der Waals surface area contributed by atoms with Crippen LogP contribution in [0.4, 0.5) is 0 Å². The lowest BCUT2D eigenvalue weighted by molar-refractivity contribution is -0.121. The minimum absolute atomic E-state index is 0.0492. The number of aromatic nitrogens is 2. The number of aryl methyl sites for hydroxylation is 1. The zero-order valence-electron chi connectivity index (χ0n) is 13.9. The van der Waals surface area contributed by atoms with E-state index in [0.29, 0.717) is 11.5 Å². The van der Waals surface area contributed by atoms with Crippen molar-refractivity contribution >= 4 is 27.5 Å². The molecular weight excluding hydrogens is 376 g/mol. The van der Waals surface area contributed by atoms with Crippen molar-refractivity contribution in [2.24, 2.45) is 5.10 Å². The largest absolute Gasteiger partial charge is 0.504 e. The predicted octanol–water partition coefficient (Wildman–Crippen LogP) is 2.52. The van der Waals surface area contributed by atoms with Crippen LogP contribution in [0, 0.1) is 13.8 Å². The summed E-state index contributed by atoms with van der Waals surface area (Å²) in [4.78, 5) is 12.0. The molecule has 1 aromatic heterocycles. The molecule has 2 N–H and O–H groups in total. The van der Waals surface area contributed by atoms with Crippen molar-refractivity contribution in [2.75, 3.05) is 7.11 Å². The Bertz CT molecular complexity index is 799. The van der Waals surface area contributed by atoms with E-state index in [1.54, 1.807) is 23.7 Å². The highest BCUT2D eigenvalue weighted by Gasteiger charge is 2.12. The van der Waals surface area contributed by atoms with Crippen LogP contribution in [0.1, 0.15) is 23.9 Å². The van der Waals surface area contributed by atoms with Crippen LogP contribution in [0.15, 0.2) is 27.8 Å². The first-order valence-electron chi connectivity index (χ1n) is 7.23. The molecule has 24 heavy (non-hydrogen) atoms. The van der Waals surface area contributed by atoms with Crippen LogP contribution in [0.5, 0.6) is 11.5 Å². The van der Waals surface area contributed by atoms with E-state index in [0.717, 1.165) is 21.4 Å². The molecule has 0 radical (unpaired) electrons. The van der Waals surface area contributed by atoms with Gasteiger partial charge in [0.1, 0.15) is 6.54 Å². The number of aromatic hydroxyl groups is 1. The topological polar surface area (TPSA) is 88.7 Å². The number of hydrazone groups is 1. The number of nitrogens with one attached hydrogen (secondary N) is 1. The van der Waals surface area contributed by atoms with E-state index in [4.69, 9.17) is 4.74 Å². The van der Waals surface area contributed by atoms with Gasteiger partial charge in [0, 0.05) is 5.56 Å². The van der Waals surface area contributed by atoms with E-state index in [9.17, 15) is 9.90 Å². The fraction of sp³-hybridized carbons (Fsp3) is 0.312. The van der Waals surface area contributed by atoms with Crippen LogP contribution in [0.25, 0.3) is 0 Å². The average molecular weight is 395 g/mol. The summed E-state index contributed by atoms with van der Waals surface area (Å²) in [6, 6.07) is 4.86. The van der Waals surface area contributed by atoms with Gasteiger partial charge in [0.15, 0.2) is 11.5 Å². The molecule has 0 fully saturated rings. The van der Waals surface area contributed by atoms with E-state index in [2.05, 4.69) is 31.6 Å². The lowest BCUT2D eigenvalue weighted by atomic mass is 10.1. The summed E-state index contributed by atoms with van der Waals surface area (Å²) in [7, 11) is 1.47. The van der Waals surface area contributed by atoms with E-state index in [1.165, 1.54) is 13.2 Å². The predicted molar refractivity (Wildman–Crippen MR) is 94.4 cm³/mol. The second-order valence-corrected chi connectivity index (χ2v) is 6.05. The maximum atomic E-state index is 12.0. The second-order valence-electron chi connectivity index (χ2n) is 5.26. The molecular formula is C16H19BrN4O3. The number of rotatable bonds is 5. The van der Waals surface area contributed by atoms with Gasteiger partial charge in [-0.3, -0.25) is 9.48 Å². The van der Waals surface area contributed by atoms with Crippen molar-refractivity contribution in [3.8, 4) is 11.5 Å². The Balaban J connectivity index is 2.06. The summed E-state index contributed by atoms with van der Waals surface area (Å²) in [5, 5.41) is 18.0. The van der Waals surface area contributed by atoms with E-state index in [-0.39, 0.29) is 18.2 Å². The molecule has 0 unspecified atom stereocenters. The van der Waals surface area contributed by atoms with Gasteiger partial charge in [-0.25, -0.2) is 5.43 Å². The highest BCUT2D eigenvalue weighted by Crippen LogP contribution is 2.26. The van der Waals surface area contributed by atoms with Crippen molar-refractivity contribution in [1.82, 2.24) is 15.2 Å². The molecule has 0 saturated heterocycles. The number of hydrogen-bond donors (Lipinski definition) is 2. The van der Waals surface area contributed by atoms with Crippen LogP contribution in [-0.4, -0.2) is 33.6 Å². The molecule has 0 spiro atoms. The lowest BCUT2D eigenvalue weighted by Gasteiger charge is -2.07. The Morgan fingerprint density at radius 3 is 2.75 bits per heavy atom. The molecule has 0 bridgehead atoms. The Labute approximate surface area is 148 Å². The van der Waals surface area contributed by atoms with Crippen molar-refractivity contribution in [3.63, 3.8) is 0 Å². The van der Waals surface area contributed by atoms with Crippen LogP contribution >= 0.6 is 15.9 Å². The number of hydrogen-bond acceptors (Lipinski definition) is 5.